The Kier molecular flexibility index (Phi) is 7.47. The van der Waals surface area contributed by atoms with E-state index in [1.165, 1.54) is 44.9 Å². The molecule has 0 amide bonds. The molecule has 0 aliphatic heterocycles. The van der Waals surface area contributed by atoms with Crippen molar-refractivity contribution >= 4 is 0 Å². The molecule has 0 heterocycles. The van der Waals surface area contributed by atoms with E-state index >= 15 is 0 Å². The maximum atomic E-state index is 2.54. The van der Waals surface area contributed by atoms with Gasteiger partial charge in [0.15, 0.2) is 0 Å². The number of hydrogen-bond acceptors (Lipinski definition) is 0. The normalized spacial score (nSPS) is 29.2. The Labute approximate surface area is 122 Å². The third-order valence-corrected chi connectivity index (χ3v) is 6.02. The highest BCUT2D eigenvalue weighted by atomic mass is 14.3. The standard InChI is InChI=1S/C19H38/c1-7-18(11-8-14(2)3)16(5)17(6)19-12-9-15(4)10-13-19/h14-19H,7-13H2,1-6H3. The first kappa shape index (κ1) is 17.1. The van der Waals surface area contributed by atoms with Crippen LogP contribution in [0.15, 0.2) is 0 Å². The van der Waals surface area contributed by atoms with Crippen molar-refractivity contribution in [2.24, 2.45) is 35.5 Å². The van der Waals surface area contributed by atoms with Crippen LogP contribution in [0.25, 0.3) is 0 Å². The summed E-state index contributed by atoms with van der Waals surface area (Å²) in [6.45, 7) is 14.6. The minimum Gasteiger partial charge on any atom is -0.0651 e. The fourth-order valence-corrected chi connectivity index (χ4v) is 4.06. The lowest BCUT2D eigenvalue weighted by Crippen LogP contribution is -2.28. The second kappa shape index (κ2) is 8.32. The lowest BCUT2D eigenvalue weighted by atomic mass is 9.68. The lowest BCUT2D eigenvalue weighted by Gasteiger charge is -2.37. The third kappa shape index (κ3) is 5.48. The monoisotopic (exact) mass is 266 g/mol. The highest BCUT2D eigenvalue weighted by Crippen LogP contribution is 2.40. The molecule has 0 spiro atoms. The molecule has 0 aromatic heterocycles. The molecular formula is C19H38. The summed E-state index contributed by atoms with van der Waals surface area (Å²) in [6.07, 6.45) is 10.2. The summed E-state index contributed by atoms with van der Waals surface area (Å²) >= 11 is 0. The average Bonchev–Trinajstić information content (AvgIpc) is 2.39. The summed E-state index contributed by atoms with van der Waals surface area (Å²) in [5.41, 5.74) is 0. The van der Waals surface area contributed by atoms with E-state index in [0.717, 1.165) is 35.5 Å². The molecule has 0 bridgehead atoms. The molecule has 19 heavy (non-hydrogen) atoms. The molecule has 114 valence electrons. The Morgan fingerprint density at radius 2 is 1.47 bits per heavy atom. The fraction of sp³-hybridized carbons (Fsp3) is 1.00. The van der Waals surface area contributed by atoms with E-state index in [2.05, 4.69) is 41.5 Å². The highest BCUT2D eigenvalue weighted by Gasteiger charge is 2.29. The van der Waals surface area contributed by atoms with Crippen molar-refractivity contribution in [3.63, 3.8) is 0 Å². The van der Waals surface area contributed by atoms with Crippen molar-refractivity contribution in [2.45, 2.75) is 86.5 Å². The number of rotatable bonds is 7. The van der Waals surface area contributed by atoms with Gasteiger partial charge in [0.05, 0.1) is 0 Å². The van der Waals surface area contributed by atoms with E-state index in [-0.39, 0.29) is 0 Å². The smallest absolute Gasteiger partial charge is 0.0386 e. The minimum absolute atomic E-state index is 0.868. The van der Waals surface area contributed by atoms with Gasteiger partial charge in [0.1, 0.15) is 0 Å². The molecule has 0 radical (unpaired) electrons. The first-order valence-electron chi connectivity index (χ1n) is 8.95. The van der Waals surface area contributed by atoms with Crippen LogP contribution in [-0.2, 0) is 0 Å². The van der Waals surface area contributed by atoms with Crippen molar-refractivity contribution in [3.05, 3.63) is 0 Å². The zero-order valence-electron chi connectivity index (χ0n) is 14.4. The van der Waals surface area contributed by atoms with Gasteiger partial charge in [-0.25, -0.2) is 0 Å². The maximum Gasteiger partial charge on any atom is -0.0386 e. The summed E-state index contributed by atoms with van der Waals surface area (Å²) in [5.74, 6) is 5.68. The molecule has 1 aliphatic carbocycles. The summed E-state index contributed by atoms with van der Waals surface area (Å²) < 4.78 is 0. The van der Waals surface area contributed by atoms with Crippen molar-refractivity contribution in [1.82, 2.24) is 0 Å². The molecule has 1 saturated carbocycles. The van der Waals surface area contributed by atoms with Crippen LogP contribution in [-0.4, -0.2) is 0 Å². The van der Waals surface area contributed by atoms with Crippen molar-refractivity contribution in [2.75, 3.05) is 0 Å². The van der Waals surface area contributed by atoms with Gasteiger partial charge in [-0.3, -0.25) is 0 Å². The fourth-order valence-electron chi connectivity index (χ4n) is 4.06. The van der Waals surface area contributed by atoms with Crippen LogP contribution in [0.1, 0.15) is 86.5 Å². The van der Waals surface area contributed by atoms with E-state index in [4.69, 9.17) is 0 Å². The predicted octanol–water partition coefficient (Wildman–Crippen LogP) is 6.55. The lowest BCUT2D eigenvalue weighted by molar-refractivity contribution is 0.132. The first-order chi connectivity index (χ1) is 8.95. The van der Waals surface area contributed by atoms with Crippen molar-refractivity contribution < 1.29 is 0 Å². The summed E-state index contributed by atoms with van der Waals surface area (Å²) in [7, 11) is 0. The zero-order chi connectivity index (χ0) is 14.4. The van der Waals surface area contributed by atoms with Gasteiger partial charge < -0.3 is 0 Å². The van der Waals surface area contributed by atoms with Crippen molar-refractivity contribution in [3.8, 4) is 0 Å². The van der Waals surface area contributed by atoms with E-state index in [1.54, 1.807) is 0 Å². The number of hydrogen-bond donors (Lipinski definition) is 0. The second-order valence-corrected chi connectivity index (χ2v) is 7.88. The molecule has 0 aromatic rings. The average molecular weight is 267 g/mol. The topological polar surface area (TPSA) is 0 Å². The molecular weight excluding hydrogens is 228 g/mol. The van der Waals surface area contributed by atoms with E-state index in [9.17, 15) is 0 Å². The highest BCUT2D eigenvalue weighted by molar-refractivity contribution is 4.80. The van der Waals surface area contributed by atoms with Gasteiger partial charge in [-0.15, -0.1) is 0 Å². The Bertz CT molecular complexity index is 222. The van der Waals surface area contributed by atoms with Crippen LogP contribution in [0.4, 0.5) is 0 Å². The van der Waals surface area contributed by atoms with Gasteiger partial charge in [0.2, 0.25) is 0 Å². The Morgan fingerprint density at radius 1 is 0.895 bits per heavy atom. The van der Waals surface area contributed by atoms with Gasteiger partial charge in [-0.05, 0) is 54.8 Å². The second-order valence-electron chi connectivity index (χ2n) is 7.88. The molecule has 0 nitrogen and oxygen atoms in total. The molecule has 1 aliphatic rings. The Hall–Kier alpha value is 0. The molecule has 3 unspecified atom stereocenters. The van der Waals surface area contributed by atoms with E-state index in [0.29, 0.717) is 0 Å². The van der Waals surface area contributed by atoms with Gasteiger partial charge >= 0.3 is 0 Å². The maximum absolute atomic E-state index is 2.54. The van der Waals surface area contributed by atoms with E-state index in [1.807, 2.05) is 0 Å². The molecule has 0 heteroatoms. The molecule has 3 atom stereocenters. The predicted molar refractivity (Wildman–Crippen MR) is 87.3 cm³/mol. The van der Waals surface area contributed by atoms with Crippen molar-refractivity contribution in [1.29, 1.82) is 0 Å². The first-order valence-corrected chi connectivity index (χ1v) is 8.95. The van der Waals surface area contributed by atoms with Gasteiger partial charge in [0.25, 0.3) is 0 Å². The minimum atomic E-state index is 0.868. The van der Waals surface area contributed by atoms with Crippen LogP contribution >= 0.6 is 0 Å². The molecule has 0 N–H and O–H groups in total. The SMILES string of the molecule is CCC(CCC(C)C)C(C)C(C)C1CCC(C)CC1. The third-order valence-electron chi connectivity index (χ3n) is 6.02. The molecule has 0 saturated heterocycles. The summed E-state index contributed by atoms with van der Waals surface area (Å²) in [4.78, 5) is 0. The van der Waals surface area contributed by atoms with Gasteiger partial charge in [0, 0.05) is 0 Å². The van der Waals surface area contributed by atoms with Gasteiger partial charge in [-0.1, -0.05) is 67.2 Å². The van der Waals surface area contributed by atoms with Crippen LogP contribution in [0.2, 0.25) is 0 Å². The van der Waals surface area contributed by atoms with Crippen LogP contribution in [0, 0.1) is 35.5 Å². The Morgan fingerprint density at radius 3 is 1.95 bits per heavy atom. The van der Waals surface area contributed by atoms with Crippen LogP contribution in [0.5, 0.6) is 0 Å². The van der Waals surface area contributed by atoms with Crippen LogP contribution in [0.3, 0.4) is 0 Å². The Balaban J connectivity index is 2.46. The quantitative estimate of drug-likeness (QED) is 0.490. The largest absolute Gasteiger partial charge is 0.0651 e. The summed E-state index contributed by atoms with van der Waals surface area (Å²) in [5, 5.41) is 0. The van der Waals surface area contributed by atoms with E-state index < -0.39 is 0 Å². The van der Waals surface area contributed by atoms with Gasteiger partial charge in [-0.2, -0.15) is 0 Å². The molecule has 0 aromatic carbocycles. The van der Waals surface area contributed by atoms with Crippen LogP contribution < -0.4 is 0 Å². The zero-order valence-corrected chi connectivity index (χ0v) is 14.4. The molecule has 1 rings (SSSR count). The molecule has 1 fully saturated rings. The summed E-state index contributed by atoms with van der Waals surface area (Å²) in [6, 6.07) is 0.